The predicted octanol–water partition coefficient (Wildman–Crippen LogP) is 3.70. The van der Waals surface area contributed by atoms with Gasteiger partial charge in [-0.1, -0.05) is 12.1 Å². The first-order valence-corrected chi connectivity index (χ1v) is 9.17. The molecule has 4 heteroatoms. The standard InChI is InChI=1S/C21H24N4/c1-13-6-7-15(11-22-13)24-16-9-18-17-4-3-5-19-21(17)14(10-23-19)8-20(18)25(2)12-16/h3-7,10-11,16,18,20,23-24H,8-9,12H2,1-2H3/t16-,18-,20-/m1/s1. The second-order valence-corrected chi connectivity index (χ2v) is 7.67. The lowest BCUT2D eigenvalue weighted by Gasteiger charge is -2.45. The van der Waals surface area contributed by atoms with Gasteiger partial charge in [0.15, 0.2) is 0 Å². The van der Waals surface area contributed by atoms with Crippen molar-refractivity contribution in [1.82, 2.24) is 14.9 Å². The maximum Gasteiger partial charge on any atom is 0.0529 e. The van der Waals surface area contributed by atoms with Crippen molar-refractivity contribution in [2.24, 2.45) is 0 Å². The highest BCUT2D eigenvalue weighted by molar-refractivity contribution is 5.88. The highest BCUT2D eigenvalue weighted by atomic mass is 15.2. The van der Waals surface area contributed by atoms with Gasteiger partial charge in [-0.15, -0.1) is 0 Å². The van der Waals surface area contributed by atoms with Crippen molar-refractivity contribution < 1.29 is 0 Å². The number of nitrogens with one attached hydrogen (secondary N) is 2. The highest BCUT2D eigenvalue weighted by Crippen LogP contribution is 2.43. The highest BCUT2D eigenvalue weighted by Gasteiger charge is 2.39. The van der Waals surface area contributed by atoms with Crippen LogP contribution in [-0.4, -0.2) is 40.5 Å². The summed E-state index contributed by atoms with van der Waals surface area (Å²) < 4.78 is 0. The summed E-state index contributed by atoms with van der Waals surface area (Å²) in [7, 11) is 2.27. The van der Waals surface area contributed by atoms with E-state index in [0.29, 0.717) is 18.0 Å². The van der Waals surface area contributed by atoms with Crippen molar-refractivity contribution in [2.45, 2.75) is 37.8 Å². The van der Waals surface area contributed by atoms with Crippen LogP contribution in [0.25, 0.3) is 10.9 Å². The van der Waals surface area contributed by atoms with E-state index in [4.69, 9.17) is 0 Å². The molecule has 5 rings (SSSR count). The number of nitrogens with zero attached hydrogens (tertiary/aromatic N) is 2. The number of likely N-dealkylation sites (N-methyl/N-ethyl adjacent to an activating group) is 1. The third-order valence-electron chi connectivity index (χ3n) is 6.01. The zero-order valence-corrected chi connectivity index (χ0v) is 14.8. The van der Waals surface area contributed by atoms with Crippen LogP contribution in [0, 0.1) is 6.92 Å². The van der Waals surface area contributed by atoms with Crippen LogP contribution in [0.3, 0.4) is 0 Å². The maximum atomic E-state index is 4.42. The van der Waals surface area contributed by atoms with E-state index in [-0.39, 0.29) is 0 Å². The fraction of sp³-hybridized carbons (Fsp3) is 0.381. The number of likely N-dealkylation sites (tertiary alicyclic amines) is 1. The largest absolute Gasteiger partial charge is 0.380 e. The molecule has 0 unspecified atom stereocenters. The Balaban J connectivity index is 1.47. The molecule has 0 radical (unpaired) electrons. The van der Waals surface area contributed by atoms with Crippen LogP contribution in [0.5, 0.6) is 0 Å². The zero-order chi connectivity index (χ0) is 17.0. The van der Waals surface area contributed by atoms with Gasteiger partial charge in [-0.3, -0.25) is 4.98 Å². The number of pyridine rings is 1. The second-order valence-electron chi connectivity index (χ2n) is 7.67. The SMILES string of the molecule is Cc1ccc(N[C@@H]2C[C@@H]3c4cccc5[nH]cc(c45)C[C@H]3N(C)C2)cn1. The first-order valence-electron chi connectivity index (χ1n) is 9.17. The number of fused-ring (bicyclic) bond motifs is 2. The topological polar surface area (TPSA) is 44.0 Å². The molecule has 4 nitrogen and oxygen atoms in total. The number of aryl methyl sites for hydroxylation is 1. The molecule has 2 aromatic heterocycles. The van der Waals surface area contributed by atoms with E-state index in [1.165, 1.54) is 28.5 Å². The lowest BCUT2D eigenvalue weighted by molar-refractivity contribution is 0.147. The van der Waals surface area contributed by atoms with Gasteiger partial charge in [0, 0.05) is 47.3 Å². The van der Waals surface area contributed by atoms with Gasteiger partial charge in [-0.2, -0.15) is 0 Å². The average molecular weight is 332 g/mol. The smallest absolute Gasteiger partial charge is 0.0529 e. The molecule has 3 aromatic rings. The normalized spacial score (nSPS) is 25.8. The van der Waals surface area contributed by atoms with Crippen LogP contribution < -0.4 is 5.32 Å². The number of rotatable bonds is 2. The second kappa shape index (κ2) is 5.60. The number of piperidine rings is 1. The van der Waals surface area contributed by atoms with Gasteiger partial charge in [0.1, 0.15) is 0 Å². The molecule has 0 saturated carbocycles. The zero-order valence-electron chi connectivity index (χ0n) is 14.8. The molecule has 2 N–H and O–H groups in total. The van der Waals surface area contributed by atoms with E-state index < -0.39 is 0 Å². The van der Waals surface area contributed by atoms with Gasteiger partial charge < -0.3 is 15.2 Å². The molecule has 25 heavy (non-hydrogen) atoms. The fourth-order valence-corrected chi connectivity index (χ4v) is 4.84. The Hall–Kier alpha value is -2.33. The molecule has 128 valence electrons. The van der Waals surface area contributed by atoms with Crippen LogP contribution in [0.2, 0.25) is 0 Å². The van der Waals surface area contributed by atoms with Crippen molar-refractivity contribution in [3.8, 4) is 0 Å². The fourth-order valence-electron chi connectivity index (χ4n) is 4.84. The third kappa shape index (κ3) is 2.44. The molecule has 0 amide bonds. The first kappa shape index (κ1) is 15.0. The van der Waals surface area contributed by atoms with Gasteiger partial charge in [-0.25, -0.2) is 0 Å². The quantitative estimate of drug-likeness (QED) is 0.752. The Bertz CT molecular complexity index is 911. The van der Waals surface area contributed by atoms with Crippen LogP contribution in [0.1, 0.15) is 29.2 Å². The molecular weight excluding hydrogens is 308 g/mol. The minimum absolute atomic E-state index is 0.450. The van der Waals surface area contributed by atoms with Gasteiger partial charge in [0.2, 0.25) is 0 Å². The van der Waals surface area contributed by atoms with Crippen molar-refractivity contribution >= 4 is 16.6 Å². The van der Waals surface area contributed by atoms with Crippen LogP contribution in [-0.2, 0) is 6.42 Å². The number of H-pyrrole nitrogens is 1. The Labute approximate surface area is 148 Å². The minimum Gasteiger partial charge on any atom is -0.380 e. The summed E-state index contributed by atoms with van der Waals surface area (Å²) in [5, 5.41) is 5.18. The number of hydrogen-bond donors (Lipinski definition) is 2. The molecule has 1 aromatic carbocycles. The number of aromatic nitrogens is 2. The van der Waals surface area contributed by atoms with Crippen molar-refractivity contribution in [3.63, 3.8) is 0 Å². The van der Waals surface area contributed by atoms with E-state index in [1.54, 1.807) is 0 Å². The molecule has 1 saturated heterocycles. The summed E-state index contributed by atoms with van der Waals surface area (Å²) in [4.78, 5) is 10.4. The van der Waals surface area contributed by atoms with Gasteiger partial charge in [0.25, 0.3) is 0 Å². The predicted molar refractivity (Wildman–Crippen MR) is 102 cm³/mol. The Morgan fingerprint density at radius 1 is 1.24 bits per heavy atom. The van der Waals surface area contributed by atoms with Crippen molar-refractivity contribution in [2.75, 3.05) is 18.9 Å². The number of aromatic amines is 1. The Morgan fingerprint density at radius 2 is 2.16 bits per heavy atom. The lowest BCUT2D eigenvalue weighted by Crippen LogP contribution is -2.51. The Kier molecular flexibility index (Phi) is 3.35. The number of benzene rings is 1. The van der Waals surface area contributed by atoms with Crippen molar-refractivity contribution in [3.05, 3.63) is 59.5 Å². The minimum atomic E-state index is 0.450. The lowest BCUT2D eigenvalue weighted by atomic mass is 9.74. The monoisotopic (exact) mass is 332 g/mol. The summed E-state index contributed by atoms with van der Waals surface area (Å²) in [6.07, 6.45) is 6.48. The molecule has 0 spiro atoms. The average Bonchev–Trinajstić information content (AvgIpc) is 3.03. The molecule has 1 aliphatic carbocycles. The van der Waals surface area contributed by atoms with E-state index >= 15 is 0 Å². The van der Waals surface area contributed by atoms with Crippen LogP contribution in [0.4, 0.5) is 5.69 Å². The molecule has 2 aliphatic rings. The molecule has 1 fully saturated rings. The third-order valence-corrected chi connectivity index (χ3v) is 6.01. The molecule has 3 atom stereocenters. The number of anilines is 1. The molecule has 1 aliphatic heterocycles. The van der Waals surface area contributed by atoms with E-state index in [2.05, 4.69) is 63.8 Å². The first-order chi connectivity index (χ1) is 12.2. The Morgan fingerprint density at radius 3 is 3.00 bits per heavy atom. The molecule has 0 bridgehead atoms. The summed E-state index contributed by atoms with van der Waals surface area (Å²) >= 11 is 0. The number of hydrogen-bond acceptors (Lipinski definition) is 3. The van der Waals surface area contributed by atoms with Gasteiger partial charge >= 0.3 is 0 Å². The van der Waals surface area contributed by atoms with Gasteiger partial charge in [0.05, 0.1) is 11.9 Å². The van der Waals surface area contributed by atoms with Crippen molar-refractivity contribution in [1.29, 1.82) is 0 Å². The van der Waals surface area contributed by atoms with Gasteiger partial charge in [-0.05, 0) is 56.1 Å². The molecule has 3 heterocycles. The summed E-state index contributed by atoms with van der Waals surface area (Å²) in [6, 6.07) is 12.0. The van der Waals surface area contributed by atoms with E-state index in [1.807, 2.05) is 13.1 Å². The summed E-state index contributed by atoms with van der Waals surface area (Å²) in [5.41, 5.74) is 6.47. The summed E-state index contributed by atoms with van der Waals surface area (Å²) in [6.45, 7) is 3.10. The van der Waals surface area contributed by atoms with Crippen LogP contribution >= 0.6 is 0 Å². The van der Waals surface area contributed by atoms with Crippen LogP contribution in [0.15, 0.2) is 42.7 Å². The maximum absolute atomic E-state index is 4.42. The van der Waals surface area contributed by atoms with E-state index in [9.17, 15) is 0 Å². The molecular formula is C21H24N4. The summed E-state index contributed by atoms with van der Waals surface area (Å²) in [5.74, 6) is 0.585. The van der Waals surface area contributed by atoms with E-state index in [0.717, 1.165) is 24.3 Å².